The summed E-state index contributed by atoms with van der Waals surface area (Å²) in [4.78, 5) is 9.89. The van der Waals surface area contributed by atoms with Crippen molar-refractivity contribution in [3.63, 3.8) is 0 Å². The summed E-state index contributed by atoms with van der Waals surface area (Å²) in [6.45, 7) is 10.2. The molecule has 0 aliphatic heterocycles. The summed E-state index contributed by atoms with van der Waals surface area (Å²) in [5, 5.41) is 0. The van der Waals surface area contributed by atoms with E-state index in [2.05, 4.69) is 42.6 Å². The molecule has 86 valence electrons. The van der Waals surface area contributed by atoms with Crippen molar-refractivity contribution in [3.8, 4) is 0 Å². The van der Waals surface area contributed by atoms with Crippen LogP contribution in [0.1, 0.15) is 39.9 Å². The van der Waals surface area contributed by atoms with E-state index in [-0.39, 0.29) is 0 Å². The maximum Gasteiger partial charge on any atom is 0.106 e. The predicted molar refractivity (Wildman–Crippen MR) is 63.9 cm³/mol. The Labute approximate surface area is 92.9 Å². The molecule has 0 aromatic carbocycles. The van der Waals surface area contributed by atoms with Crippen molar-refractivity contribution in [1.29, 1.82) is 0 Å². The molecule has 1 aromatic heterocycles. The molecule has 0 unspecified atom stereocenters. The van der Waals surface area contributed by atoms with Gasteiger partial charge in [0.05, 0.1) is 0 Å². The molecule has 3 heteroatoms. The summed E-state index contributed by atoms with van der Waals surface area (Å²) in [6.07, 6.45) is 5.92. The second-order valence-electron chi connectivity index (χ2n) is 4.56. The van der Waals surface area contributed by atoms with Crippen molar-refractivity contribution < 1.29 is 0 Å². The second-order valence-corrected chi connectivity index (χ2v) is 4.56. The molecule has 0 saturated carbocycles. The number of hydrogen-bond acceptors (Lipinski definition) is 2. The van der Waals surface area contributed by atoms with Crippen molar-refractivity contribution in [3.05, 3.63) is 18.2 Å². The van der Waals surface area contributed by atoms with E-state index in [1.165, 1.54) is 6.42 Å². The highest BCUT2D eigenvalue weighted by atomic mass is 15.2. The van der Waals surface area contributed by atoms with Crippen LogP contribution in [-0.4, -0.2) is 33.5 Å². The third-order valence-electron chi connectivity index (χ3n) is 2.71. The number of hydrogen-bond donors (Lipinski definition) is 1. The number of imidazole rings is 1. The Morgan fingerprint density at radius 1 is 1.27 bits per heavy atom. The van der Waals surface area contributed by atoms with E-state index in [1.807, 2.05) is 12.4 Å². The van der Waals surface area contributed by atoms with Crippen molar-refractivity contribution in [2.24, 2.45) is 0 Å². The SMILES string of the molecule is CC(C)N(CCCc1ncc[nH]1)C(C)C. The lowest BCUT2D eigenvalue weighted by Crippen LogP contribution is -2.37. The lowest BCUT2D eigenvalue weighted by molar-refractivity contribution is 0.173. The van der Waals surface area contributed by atoms with Crippen LogP contribution in [0.4, 0.5) is 0 Å². The van der Waals surface area contributed by atoms with Crippen LogP contribution in [0.3, 0.4) is 0 Å². The second kappa shape index (κ2) is 5.91. The number of aryl methyl sites for hydroxylation is 1. The Hall–Kier alpha value is -0.830. The van der Waals surface area contributed by atoms with E-state index in [0.717, 1.165) is 18.8 Å². The molecule has 0 spiro atoms. The van der Waals surface area contributed by atoms with Gasteiger partial charge in [0.25, 0.3) is 0 Å². The maximum atomic E-state index is 4.23. The van der Waals surface area contributed by atoms with E-state index in [4.69, 9.17) is 0 Å². The van der Waals surface area contributed by atoms with Crippen LogP contribution >= 0.6 is 0 Å². The first-order valence-corrected chi connectivity index (χ1v) is 5.85. The number of aromatic amines is 1. The average Bonchev–Trinajstić information content (AvgIpc) is 2.63. The van der Waals surface area contributed by atoms with Gasteiger partial charge in [-0.05, 0) is 40.7 Å². The zero-order chi connectivity index (χ0) is 11.3. The molecule has 1 rings (SSSR count). The normalized spacial score (nSPS) is 11.9. The largest absolute Gasteiger partial charge is 0.349 e. The third-order valence-corrected chi connectivity index (χ3v) is 2.71. The van der Waals surface area contributed by atoms with E-state index >= 15 is 0 Å². The molecule has 1 aromatic rings. The van der Waals surface area contributed by atoms with Crippen LogP contribution in [0, 0.1) is 0 Å². The number of H-pyrrole nitrogens is 1. The van der Waals surface area contributed by atoms with Crippen LogP contribution < -0.4 is 0 Å². The van der Waals surface area contributed by atoms with Crippen molar-refractivity contribution in [1.82, 2.24) is 14.9 Å². The first-order valence-electron chi connectivity index (χ1n) is 5.85. The van der Waals surface area contributed by atoms with Gasteiger partial charge in [0.2, 0.25) is 0 Å². The number of nitrogens with zero attached hydrogens (tertiary/aromatic N) is 2. The standard InChI is InChI=1S/C12H23N3/c1-10(2)15(11(3)4)9-5-6-12-13-7-8-14-12/h7-8,10-11H,5-6,9H2,1-4H3,(H,13,14). The monoisotopic (exact) mass is 209 g/mol. The molecule has 0 aliphatic carbocycles. The molecule has 0 bridgehead atoms. The Morgan fingerprint density at radius 3 is 2.40 bits per heavy atom. The van der Waals surface area contributed by atoms with Crippen LogP contribution in [0.2, 0.25) is 0 Å². The quantitative estimate of drug-likeness (QED) is 0.780. The van der Waals surface area contributed by atoms with Gasteiger partial charge in [-0.1, -0.05) is 0 Å². The zero-order valence-corrected chi connectivity index (χ0v) is 10.3. The zero-order valence-electron chi connectivity index (χ0n) is 10.3. The highest BCUT2D eigenvalue weighted by molar-refractivity contribution is 4.87. The van der Waals surface area contributed by atoms with Gasteiger partial charge in [-0.15, -0.1) is 0 Å². The fourth-order valence-corrected chi connectivity index (χ4v) is 1.98. The minimum absolute atomic E-state index is 0.626. The molecule has 0 saturated heterocycles. The molecule has 0 fully saturated rings. The minimum Gasteiger partial charge on any atom is -0.349 e. The Bertz CT molecular complexity index is 244. The van der Waals surface area contributed by atoms with Crippen molar-refractivity contribution >= 4 is 0 Å². The molecular formula is C12H23N3. The summed E-state index contributed by atoms with van der Waals surface area (Å²) < 4.78 is 0. The molecule has 0 amide bonds. The minimum atomic E-state index is 0.626. The number of aromatic nitrogens is 2. The van der Waals surface area contributed by atoms with Crippen LogP contribution in [0.25, 0.3) is 0 Å². The van der Waals surface area contributed by atoms with E-state index < -0.39 is 0 Å². The molecule has 0 radical (unpaired) electrons. The lowest BCUT2D eigenvalue weighted by Gasteiger charge is -2.30. The van der Waals surface area contributed by atoms with E-state index in [0.29, 0.717) is 12.1 Å². The average molecular weight is 209 g/mol. The predicted octanol–water partition coefficient (Wildman–Crippen LogP) is 2.46. The van der Waals surface area contributed by atoms with Crippen molar-refractivity contribution in [2.75, 3.05) is 6.54 Å². The van der Waals surface area contributed by atoms with Crippen LogP contribution in [0.5, 0.6) is 0 Å². The Kier molecular flexibility index (Phi) is 4.82. The molecule has 1 heterocycles. The molecule has 0 aliphatic rings. The van der Waals surface area contributed by atoms with E-state index in [1.54, 1.807) is 0 Å². The number of rotatable bonds is 6. The smallest absolute Gasteiger partial charge is 0.106 e. The topological polar surface area (TPSA) is 31.9 Å². The van der Waals surface area contributed by atoms with Crippen molar-refractivity contribution in [2.45, 2.75) is 52.6 Å². The molecule has 3 nitrogen and oxygen atoms in total. The van der Waals surface area contributed by atoms with Gasteiger partial charge in [0.1, 0.15) is 5.82 Å². The number of nitrogens with one attached hydrogen (secondary N) is 1. The summed E-state index contributed by atoms with van der Waals surface area (Å²) in [5.41, 5.74) is 0. The summed E-state index contributed by atoms with van der Waals surface area (Å²) in [7, 11) is 0. The van der Waals surface area contributed by atoms with Gasteiger partial charge in [-0.2, -0.15) is 0 Å². The first kappa shape index (κ1) is 12.2. The molecule has 15 heavy (non-hydrogen) atoms. The highest BCUT2D eigenvalue weighted by Gasteiger charge is 2.12. The fraction of sp³-hybridized carbons (Fsp3) is 0.750. The van der Waals surface area contributed by atoms with Gasteiger partial charge in [0, 0.05) is 30.9 Å². The van der Waals surface area contributed by atoms with E-state index in [9.17, 15) is 0 Å². The van der Waals surface area contributed by atoms with Gasteiger partial charge < -0.3 is 4.98 Å². The third kappa shape index (κ3) is 4.04. The van der Waals surface area contributed by atoms with Gasteiger partial charge in [0.15, 0.2) is 0 Å². The summed E-state index contributed by atoms with van der Waals surface area (Å²) >= 11 is 0. The Morgan fingerprint density at radius 2 is 1.93 bits per heavy atom. The Balaban J connectivity index is 2.28. The van der Waals surface area contributed by atoms with Gasteiger partial charge in [-0.25, -0.2) is 4.98 Å². The highest BCUT2D eigenvalue weighted by Crippen LogP contribution is 2.07. The molecule has 1 N–H and O–H groups in total. The fourth-order valence-electron chi connectivity index (χ4n) is 1.98. The molecule has 0 atom stereocenters. The maximum absolute atomic E-state index is 4.23. The first-order chi connectivity index (χ1) is 7.11. The molecular weight excluding hydrogens is 186 g/mol. The summed E-state index contributed by atoms with van der Waals surface area (Å²) in [5.74, 6) is 1.10. The van der Waals surface area contributed by atoms with Crippen LogP contribution in [-0.2, 0) is 6.42 Å². The summed E-state index contributed by atoms with van der Waals surface area (Å²) in [6, 6.07) is 1.25. The lowest BCUT2D eigenvalue weighted by atomic mass is 10.2. The van der Waals surface area contributed by atoms with Gasteiger partial charge in [-0.3, -0.25) is 4.90 Å². The van der Waals surface area contributed by atoms with Crippen LogP contribution in [0.15, 0.2) is 12.4 Å². The van der Waals surface area contributed by atoms with Gasteiger partial charge >= 0.3 is 0 Å².